The number of Topliss-reactive ketones (excluding diaryl/α,β-unsaturated/α-hetero) is 2. The molecule has 0 saturated carbocycles. The van der Waals surface area contributed by atoms with Crippen molar-refractivity contribution in [2.24, 2.45) is 0 Å². The van der Waals surface area contributed by atoms with Gasteiger partial charge in [0.05, 0.1) is 11.4 Å². The summed E-state index contributed by atoms with van der Waals surface area (Å²) in [7, 11) is 0. The van der Waals surface area contributed by atoms with E-state index in [4.69, 9.17) is 0 Å². The van der Waals surface area contributed by atoms with Gasteiger partial charge in [0.25, 0.3) is 11.1 Å². The van der Waals surface area contributed by atoms with E-state index in [1.807, 2.05) is 60.7 Å². The van der Waals surface area contributed by atoms with Gasteiger partial charge in [0, 0.05) is 24.2 Å². The quantitative estimate of drug-likeness (QED) is 0.209. The molecular weight excluding hydrogens is 468 g/mol. The van der Waals surface area contributed by atoms with Crippen molar-refractivity contribution in [1.82, 2.24) is 19.6 Å². The number of ketones is 2. The van der Waals surface area contributed by atoms with Gasteiger partial charge in [-0.3, -0.25) is 29.4 Å². The number of carbonyl (C=O) groups excluding carboxylic acids is 2. The first kappa shape index (κ1) is 25.9. The van der Waals surface area contributed by atoms with Crippen molar-refractivity contribution in [3.8, 4) is 11.4 Å². The van der Waals surface area contributed by atoms with Crippen LogP contribution in [0.2, 0.25) is 0 Å². The smallest absolute Gasteiger partial charge is 0.282 e. The molecule has 37 heavy (non-hydrogen) atoms. The van der Waals surface area contributed by atoms with Crippen molar-refractivity contribution in [2.45, 2.75) is 58.8 Å². The van der Waals surface area contributed by atoms with Crippen LogP contribution in [0, 0.1) is 13.8 Å². The predicted molar refractivity (Wildman–Crippen MR) is 143 cm³/mol. The summed E-state index contributed by atoms with van der Waals surface area (Å²) in [4.78, 5) is 51.0. The molecule has 192 valence electrons. The Morgan fingerprint density at radius 2 is 0.946 bits per heavy atom. The largest absolute Gasteiger partial charge is 0.295 e. The summed E-state index contributed by atoms with van der Waals surface area (Å²) in [5, 5.41) is 5.99. The van der Waals surface area contributed by atoms with Crippen LogP contribution >= 0.6 is 0 Å². The van der Waals surface area contributed by atoms with Gasteiger partial charge in [-0.05, 0) is 51.0 Å². The van der Waals surface area contributed by atoms with Crippen LogP contribution in [0.15, 0.2) is 70.3 Å². The Morgan fingerprint density at radius 3 is 1.32 bits per heavy atom. The molecule has 0 spiro atoms. The second-order valence-corrected chi connectivity index (χ2v) is 9.29. The van der Waals surface area contributed by atoms with E-state index < -0.39 is 0 Å². The number of H-pyrrole nitrogens is 2. The molecule has 2 aromatic carbocycles. The van der Waals surface area contributed by atoms with E-state index in [2.05, 4.69) is 10.2 Å². The molecule has 8 nitrogen and oxygen atoms in total. The topological polar surface area (TPSA) is 110 Å². The molecule has 8 heteroatoms. The summed E-state index contributed by atoms with van der Waals surface area (Å²) in [5.41, 5.74) is 2.33. The third kappa shape index (κ3) is 5.80. The summed E-state index contributed by atoms with van der Waals surface area (Å²) in [6, 6.07) is 18.4. The van der Waals surface area contributed by atoms with Crippen molar-refractivity contribution in [3.05, 3.63) is 104 Å². The number of nitrogens with one attached hydrogen (secondary N) is 2. The van der Waals surface area contributed by atoms with E-state index in [1.165, 1.54) is 9.36 Å². The van der Waals surface area contributed by atoms with Gasteiger partial charge in [0.15, 0.2) is 11.6 Å². The number of unbranched alkanes of at least 4 members (excludes halogenated alkanes) is 4. The molecule has 0 aliphatic rings. The number of hydrogen-bond acceptors (Lipinski definition) is 4. The molecule has 0 saturated heterocycles. The van der Waals surface area contributed by atoms with Crippen LogP contribution in [-0.2, 0) is 0 Å². The summed E-state index contributed by atoms with van der Waals surface area (Å²) in [6.07, 6.45) is 4.52. The number of nitrogens with zero attached hydrogens (tertiary/aromatic N) is 2. The van der Waals surface area contributed by atoms with E-state index in [0.717, 1.165) is 19.3 Å². The minimum absolute atomic E-state index is 0.152. The third-order valence-corrected chi connectivity index (χ3v) is 6.54. The number of aryl methyl sites for hydroxylation is 2. The number of rotatable bonds is 12. The average molecular weight is 501 g/mol. The highest BCUT2D eigenvalue weighted by Crippen LogP contribution is 2.15. The minimum Gasteiger partial charge on any atom is -0.295 e. The fourth-order valence-corrected chi connectivity index (χ4v) is 4.62. The van der Waals surface area contributed by atoms with Crippen LogP contribution in [0.4, 0.5) is 0 Å². The van der Waals surface area contributed by atoms with Crippen molar-refractivity contribution in [3.63, 3.8) is 0 Å². The van der Waals surface area contributed by atoms with E-state index >= 15 is 0 Å². The van der Waals surface area contributed by atoms with Gasteiger partial charge in [-0.1, -0.05) is 55.7 Å². The summed E-state index contributed by atoms with van der Waals surface area (Å²) >= 11 is 0. The second kappa shape index (κ2) is 11.7. The van der Waals surface area contributed by atoms with Crippen molar-refractivity contribution in [2.75, 3.05) is 0 Å². The van der Waals surface area contributed by atoms with Crippen LogP contribution in [0.3, 0.4) is 0 Å². The normalized spacial score (nSPS) is 11.1. The lowest BCUT2D eigenvalue weighted by Crippen LogP contribution is -2.20. The number of aromatic amines is 2. The zero-order valence-corrected chi connectivity index (χ0v) is 21.3. The molecule has 2 aromatic heterocycles. The molecule has 0 aliphatic carbocycles. The number of benzene rings is 2. The van der Waals surface area contributed by atoms with Gasteiger partial charge in [-0.15, -0.1) is 0 Å². The molecule has 0 bridgehead atoms. The molecule has 0 fully saturated rings. The van der Waals surface area contributed by atoms with Crippen LogP contribution in [0.5, 0.6) is 0 Å². The third-order valence-electron chi connectivity index (χ3n) is 6.54. The zero-order valence-electron chi connectivity index (χ0n) is 21.3. The fraction of sp³-hybridized carbons (Fsp3) is 0.310. The van der Waals surface area contributed by atoms with Gasteiger partial charge in [0.2, 0.25) is 0 Å². The standard InChI is InChI=1S/C29H32N4O4/c1-20-26(28(36)32(30-20)22-14-8-6-9-15-22)24(34)18-12-4-3-5-13-19-25(35)27-21(2)31-33(29(27)37)23-16-10-7-11-17-23/h6-11,14-17,30-31H,3-5,12-13,18-19H2,1-2H3. The van der Waals surface area contributed by atoms with Crippen LogP contribution in [0.1, 0.15) is 77.0 Å². The Labute approximate surface area is 214 Å². The maximum Gasteiger partial charge on any atom is 0.282 e. The summed E-state index contributed by atoms with van der Waals surface area (Å²) < 4.78 is 2.81. The molecule has 0 amide bonds. The molecule has 0 atom stereocenters. The zero-order chi connectivity index (χ0) is 26.4. The van der Waals surface area contributed by atoms with Gasteiger partial charge in [0.1, 0.15) is 11.1 Å². The molecule has 4 aromatic rings. The molecule has 2 heterocycles. The highest BCUT2D eigenvalue weighted by Gasteiger charge is 2.20. The number of aromatic nitrogens is 4. The number of hydrogen-bond donors (Lipinski definition) is 2. The first-order valence-electron chi connectivity index (χ1n) is 12.7. The van der Waals surface area contributed by atoms with E-state index in [9.17, 15) is 19.2 Å². The fourth-order valence-electron chi connectivity index (χ4n) is 4.62. The van der Waals surface area contributed by atoms with Crippen LogP contribution < -0.4 is 11.1 Å². The SMILES string of the molecule is Cc1[nH]n(-c2ccccc2)c(=O)c1C(=O)CCCCCCCC(=O)c1c(C)[nH]n(-c2ccccc2)c1=O. The highest BCUT2D eigenvalue weighted by atomic mass is 16.2. The van der Waals surface area contributed by atoms with Gasteiger partial charge >= 0.3 is 0 Å². The lowest BCUT2D eigenvalue weighted by Gasteiger charge is -2.02. The molecule has 0 radical (unpaired) electrons. The average Bonchev–Trinajstić information content (AvgIpc) is 3.37. The molecule has 4 rings (SSSR count). The Kier molecular flexibility index (Phi) is 8.18. The van der Waals surface area contributed by atoms with Crippen molar-refractivity contribution >= 4 is 11.6 Å². The second-order valence-electron chi connectivity index (χ2n) is 9.29. The maximum atomic E-state index is 12.8. The van der Waals surface area contributed by atoms with E-state index in [-0.39, 0.29) is 33.8 Å². The lowest BCUT2D eigenvalue weighted by molar-refractivity contribution is 0.0972. The Morgan fingerprint density at radius 1 is 0.595 bits per heavy atom. The minimum atomic E-state index is -0.321. The summed E-state index contributed by atoms with van der Waals surface area (Å²) in [5.74, 6) is -0.303. The predicted octanol–water partition coefficient (Wildman–Crippen LogP) is 5.06. The van der Waals surface area contributed by atoms with Gasteiger partial charge < -0.3 is 0 Å². The molecule has 0 aliphatic heterocycles. The van der Waals surface area contributed by atoms with Crippen LogP contribution in [0.25, 0.3) is 11.4 Å². The lowest BCUT2D eigenvalue weighted by atomic mass is 10.0. The Balaban J connectivity index is 1.22. The van der Waals surface area contributed by atoms with Crippen molar-refractivity contribution in [1.29, 1.82) is 0 Å². The van der Waals surface area contributed by atoms with E-state index in [0.29, 0.717) is 48.4 Å². The van der Waals surface area contributed by atoms with Crippen molar-refractivity contribution < 1.29 is 9.59 Å². The summed E-state index contributed by atoms with van der Waals surface area (Å²) in [6.45, 7) is 3.48. The van der Waals surface area contributed by atoms with Gasteiger partial charge in [-0.2, -0.15) is 0 Å². The van der Waals surface area contributed by atoms with Crippen LogP contribution in [-0.4, -0.2) is 31.1 Å². The number of para-hydroxylation sites is 2. The molecule has 2 N–H and O–H groups in total. The molecule has 0 unspecified atom stereocenters. The monoisotopic (exact) mass is 500 g/mol. The van der Waals surface area contributed by atoms with E-state index in [1.54, 1.807) is 13.8 Å². The Hall–Kier alpha value is -4.20. The van der Waals surface area contributed by atoms with Gasteiger partial charge in [-0.25, -0.2) is 9.36 Å². The highest BCUT2D eigenvalue weighted by molar-refractivity contribution is 5.97. The maximum absolute atomic E-state index is 12.8. The first-order chi connectivity index (χ1) is 17.9. The first-order valence-corrected chi connectivity index (χ1v) is 12.7. The number of carbonyl (C=O) groups is 2. The Bertz CT molecular complexity index is 1380. The molecular formula is C29H32N4O4.